The summed E-state index contributed by atoms with van der Waals surface area (Å²) in [4.78, 5) is 42.3. The molecule has 0 spiro atoms. The lowest BCUT2D eigenvalue weighted by Crippen LogP contribution is -2.46. The third-order valence-corrected chi connectivity index (χ3v) is 5.44. The molecule has 1 fully saturated rings. The normalized spacial score (nSPS) is 23.9. The Morgan fingerprint density at radius 1 is 1.36 bits per heavy atom. The highest BCUT2D eigenvalue weighted by Gasteiger charge is 2.34. The molecule has 6 nitrogen and oxygen atoms in total. The predicted molar refractivity (Wildman–Crippen MR) is 95.8 cm³/mol. The first-order chi connectivity index (χ1) is 11.7. The van der Waals surface area contributed by atoms with E-state index >= 15 is 0 Å². The van der Waals surface area contributed by atoms with Gasteiger partial charge in [0.15, 0.2) is 5.78 Å². The van der Waals surface area contributed by atoms with E-state index in [1.165, 1.54) is 6.07 Å². The highest BCUT2D eigenvalue weighted by Crippen LogP contribution is 2.33. The molecule has 1 amide bonds. The molecule has 136 valence electrons. The second-order valence-electron chi connectivity index (χ2n) is 8.36. The number of ketones is 1. The summed E-state index contributed by atoms with van der Waals surface area (Å²) in [6.07, 6.45) is 2.94. The van der Waals surface area contributed by atoms with Gasteiger partial charge in [-0.15, -0.1) is 0 Å². The van der Waals surface area contributed by atoms with Gasteiger partial charge < -0.3 is 15.6 Å². The zero-order valence-electron chi connectivity index (χ0n) is 15.2. The fraction of sp³-hybridized carbons (Fsp3) is 0.632. The number of rotatable bonds is 2. The second-order valence-corrected chi connectivity index (χ2v) is 8.36. The third-order valence-electron chi connectivity index (χ3n) is 5.44. The van der Waals surface area contributed by atoms with Crippen LogP contribution in [0.2, 0.25) is 0 Å². The molecule has 2 unspecified atom stereocenters. The first-order valence-electron chi connectivity index (χ1n) is 9.02. The van der Waals surface area contributed by atoms with Gasteiger partial charge in [-0.3, -0.25) is 14.4 Å². The summed E-state index contributed by atoms with van der Waals surface area (Å²) < 4.78 is 0. The molecule has 1 aliphatic carbocycles. The van der Waals surface area contributed by atoms with Crippen molar-refractivity contribution in [3.05, 3.63) is 33.2 Å². The van der Waals surface area contributed by atoms with Crippen LogP contribution in [0, 0.1) is 11.3 Å². The summed E-state index contributed by atoms with van der Waals surface area (Å²) in [5.74, 6) is -0.0625. The van der Waals surface area contributed by atoms with E-state index in [9.17, 15) is 14.4 Å². The zero-order valence-corrected chi connectivity index (χ0v) is 15.2. The van der Waals surface area contributed by atoms with Crippen LogP contribution < -0.4 is 11.3 Å². The highest BCUT2D eigenvalue weighted by molar-refractivity contribution is 6.02. The summed E-state index contributed by atoms with van der Waals surface area (Å²) in [7, 11) is 0. The summed E-state index contributed by atoms with van der Waals surface area (Å²) in [6.45, 7) is 7.15. The number of likely N-dealkylation sites (tertiary alicyclic amines) is 1. The number of nitrogens with two attached hydrogens (primary N) is 1. The molecule has 3 rings (SSSR count). The number of piperidine rings is 1. The lowest BCUT2D eigenvalue weighted by molar-refractivity contribution is 0.0659. The Morgan fingerprint density at radius 3 is 2.76 bits per heavy atom. The summed E-state index contributed by atoms with van der Waals surface area (Å²) in [5, 5.41) is 0. The Labute approximate surface area is 147 Å². The van der Waals surface area contributed by atoms with Crippen LogP contribution in [-0.4, -0.2) is 40.7 Å². The maximum absolute atomic E-state index is 12.9. The molecule has 3 N–H and O–H groups in total. The number of pyridine rings is 1. The molecule has 2 aliphatic rings. The van der Waals surface area contributed by atoms with Crippen molar-refractivity contribution >= 4 is 11.7 Å². The number of Topliss-reactive ketones (excluding diaryl/α,β-unsaturated/α-hetero) is 1. The number of amides is 1. The minimum atomic E-state index is -0.405. The molecular formula is C19H27N3O3. The number of carbonyl (C=O) groups is 2. The van der Waals surface area contributed by atoms with E-state index in [2.05, 4.69) is 4.98 Å². The molecule has 2 heterocycles. The van der Waals surface area contributed by atoms with Crippen LogP contribution in [0.1, 0.15) is 66.4 Å². The Morgan fingerprint density at radius 2 is 2.08 bits per heavy atom. The first kappa shape index (κ1) is 17.9. The van der Waals surface area contributed by atoms with E-state index in [1.54, 1.807) is 4.90 Å². The molecule has 6 heteroatoms. The summed E-state index contributed by atoms with van der Waals surface area (Å²) in [5.41, 5.74) is 6.61. The average Bonchev–Trinajstić information content (AvgIpc) is 2.52. The number of nitrogens with one attached hydrogen (secondary N) is 1. The van der Waals surface area contributed by atoms with Gasteiger partial charge in [0.05, 0.1) is 0 Å². The molecule has 1 aliphatic heterocycles. The maximum atomic E-state index is 12.9. The average molecular weight is 345 g/mol. The van der Waals surface area contributed by atoms with Crippen LogP contribution in [-0.2, 0) is 6.42 Å². The van der Waals surface area contributed by atoms with Gasteiger partial charge in [0.25, 0.3) is 11.5 Å². The van der Waals surface area contributed by atoms with Crippen molar-refractivity contribution < 1.29 is 9.59 Å². The van der Waals surface area contributed by atoms with Crippen molar-refractivity contribution in [2.75, 3.05) is 13.1 Å². The van der Waals surface area contributed by atoms with E-state index in [0.29, 0.717) is 37.2 Å². The molecule has 1 aromatic rings. The van der Waals surface area contributed by atoms with E-state index in [1.807, 2.05) is 20.8 Å². The molecule has 0 saturated carbocycles. The second kappa shape index (κ2) is 6.41. The van der Waals surface area contributed by atoms with Crippen LogP contribution in [0.3, 0.4) is 0 Å². The number of aromatic nitrogens is 1. The molecule has 0 bridgehead atoms. The lowest BCUT2D eigenvalue weighted by Gasteiger charge is -2.35. The number of carbonyl (C=O) groups excluding carboxylic acids is 2. The van der Waals surface area contributed by atoms with Gasteiger partial charge in [-0.1, -0.05) is 13.8 Å². The molecule has 2 atom stereocenters. The summed E-state index contributed by atoms with van der Waals surface area (Å²) >= 11 is 0. The number of H-pyrrole nitrogens is 1. The zero-order chi connectivity index (χ0) is 18.4. The molecule has 25 heavy (non-hydrogen) atoms. The van der Waals surface area contributed by atoms with Crippen molar-refractivity contribution in [2.24, 2.45) is 17.1 Å². The third kappa shape index (κ3) is 3.54. The van der Waals surface area contributed by atoms with Gasteiger partial charge in [0.1, 0.15) is 5.56 Å². The smallest absolute Gasteiger partial charge is 0.261 e. The van der Waals surface area contributed by atoms with Gasteiger partial charge in [0.2, 0.25) is 0 Å². The van der Waals surface area contributed by atoms with Crippen LogP contribution >= 0.6 is 0 Å². The Hall–Kier alpha value is -1.95. The molecule has 1 aromatic heterocycles. The lowest BCUT2D eigenvalue weighted by atomic mass is 9.75. The van der Waals surface area contributed by atoms with E-state index in [0.717, 1.165) is 12.8 Å². The topological polar surface area (TPSA) is 96.3 Å². The highest BCUT2D eigenvalue weighted by atomic mass is 16.2. The van der Waals surface area contributed by atoms with Crippen molar-refractivity contribution in [1.29, 1.82) is 0 Å². The maximum Gasteiger partial charge on any atom is 0.261 e. The van der Waals surface area contributed by atoms with Crippen LogP contribution in [0.15, 0.2) is 10.9 Å². The van der Waals surface area contributed by atoms with E-state index in [4.69, 9.17) is 5.73 Å². The van der Waals surface area contributed by atoms with E-state index in [-0.39, 0.29) is 34.6 Å². The quantitative estimate of drug-likeness (QED) is 0.853. The van der Waals surface area contributed by atoms with Crippen LogP contribution in [0.5, 0.6) is 0 Å². The van der Waals surface area contributed by atoms with Gasteiger partial charge in [0, 0.05) is 36.8 Å². The number of nitrogens with zero attached hydrogens (tertiary/aromatic N) is 1. The number of fused-ring (bicyclic) bond motifs is 1. The molecule has 0 aromatic carbocycles. The van der Waals surface area contributed by atoms with Crippen molar-refractivity contribution in [1.82, 2.24) is 9.88 Å². The minimum Gasteiger partial charge on any atom is -0.338 e. The predicted octanol–water partition coefficient (Wildman–Crippen LogP) is 1.73. The Kier molecular flexibility index (Phi) is 4.58. The molecular weight excluding hydrogens is 318 g/mol. The van der Waals surface area contributed by atoms with Crippen molar-refractivity contribution in [3.63, 3.8) is 0 Å². The summed E-state index contributed by atoms with van der Waals surface area (Å²) in [6, 6.07) is 1.52. The number of hydrogen-bond donors (Lipinski definition) is 2. The fourth-order valence-electron chi connectivity index (χ4n) is 3.98. The first-order valence-corrected chi connectivity index (χ1v) is 9.02. The van der Waals surface area contributed by atoms with Crippen LogP contribution in [0.4, 0.5) is 0 Å². The fourth-order valence-corrected chi connectivity index (χ4v) is 3.98. The van der Waals surface area contributed by atoms with Gasteiger partial charge in [-0.25, -0.2) is 0 Å². The van der Waals surface area contributed by atoms with Crippen LogP contribution in [0.25, 0.3) is 0 Å². The molecule has 0 radical (unpaired) electrons. The molecule has 1 saturated heterocycles. The van der Waals surface area contributed by atoms with Gasteiger partial charge in [-0.2, -0.15) is 0 Å². The monoisotopic (exact) mass is 345 g/mol. The standard InChI is InChI=1S/C19H27N3O3/c1-11(20)12-5-4-6-22(10-12)18(25)14-7-13-15(21-17(14)24)8-19(2,3)9-16(13)23/h7,11-12H,4-6,8-10,20H2,1-3H3,(H,21,24). The largest absolute Gasteiger partial charge is 0.338 e. The number of hydrogen-bond acceptors (Lipinski definition) is 4. The van der Waals surface area contributed by atoms with Crippen molar-refractivity contribution in [3.8, 4) is 0 Å². The van der Waals surface area contributed by atoms with Crippen molar-refractivity contribution in [2.45, 2.75) is 52.5 Å². The van der Waals surface area contributed by atoms with Gasteiger partial charge >= 0.3 is 0 Å². The van der Waals surface area contributed by atoms with Gasteiger partial charge in [-0.05, 0) is 43.6 Å². The Bertz CT molecular complexity index is 764. The SMILES string of the molecule is CC(N)C1CCCN(C(=O)c2cc3c([nH]c2=O)CC(C)(C)CC3=O)C1. The van der Waals surface area contributed by atoms with E-state index < -0.39 is 5.56 Å². The minimum absolute atomic E-state index is 0.0105. The number of aromatic amines is 1. The Balaban J connectivity index is 1.91.